The number of anilines is 1. The molecule has 220 valence electrons. The standard InChI is InChI=1S/C37H29N5O2S/c1-42(34(43)22-27-9-5-7-19-38-27)28-16-14-26(15-17-28)31-23-40-37-36(35(31)33-12-6-8-20-39-33)30-21-25(13-18-32(30)41-37)24-45(44)29-10-3-2-4-11-29/h2-21,23H,22,24H2,1H3,(H,40,41). The van der Waals surface area contributed by atoms with Crippen molar-refractivity contribution < 1.29 is 9.00 Å². The molecule has 3 aromatic carbocycles. The second-order valence-electron chi connectivity index (χ2n) is 10.8. The van der Waals surface area contributed by atoms with Crippen LogP contribution in [0, 0.1) is 0 Å². The van der Waals surface area contributed by atoms with Crippen molar-refractivity contribution >= 4 is 44.3 Å². The van der Waals surface area contributed by atoms with E-state index in [1.165, 1.54) is 0 Å². The number of aromatic nitrogens is 4. The number of rotatable bonds is 8. The summed E-state index contributed by atoms with van der Waals surface area (Å²) in [5, 5.41) is 1.96. The highest BCUT2D eigenvalue weighted by atomic mass is 32.2. The third kappa shape index (κ3) is 5.75. The van der Waals surface area contributed by atoms with Crippen molar-refractivity contribution in [2.24, 2.45) is 0 Å². The van der Waals surface area contributed by atoms with Gasteiger partial charge in [0.2, 0.25) is 5.91 Å². The monoisotopic (exact) mass is 607 g/mol. The number of hydrogen-bond acceptors (Lipinski definition) is 5. The minimum atomic E-state index is -1.17. The Hall–Kier alpha value is -5.47. The van der Waals surface area contributed by atoms with Gasteiger partial charge in [0.25, 0.3) is 0 Å². The number of nitrogens with one attached hydrogen (secondary N) is 1. The molecule has 1 atom stereocenters. The smallest absolute Gasteiger partial charge is 0.232 e. The fourth-order valence-corrected chi connectivity index (χ4v) is 6.69. The molecule has 8 heteroatoms. The maximum atomic E-state index is 13.1. The van der Waals surface area contributed by atoms with Crippen LogP contribution >= 0.6 is 0 Å². The van der Waals surface area contributed by atoms with Crippen molar-refractivity contribution in [1.29, 1.82) is 0 Å². The normalized spacial score (nSPS) is 11.9. The van der Waals surface area contributed by atoms with Crippen molar-refractivity contribution in [1.82, 2.24) is 19.9 Å². The predicted molar refractivity (Wildman–Crippen MR) is 180 cm³/mol. The van der Waals surface area contributed by atoms with E-state index in [0.717, 1.165) is 66.2 Å². The Morgan fingerprint density at radius 3 is 2.31 bits per heavy atom. The SMILES string of the molecule is CN(C(=O)Cc1ccccn1)c1ccc(-c2cnc3[nH]c4ccc(CS(=O)c5ccccc5)cc4c3c2-c2ccccn2)cc1. The van der Waals surface area contributed by atoms with Crippen molar-refractivity contribution in [3.05, 3.63) is 139 Å². The van der Waals surface area contributed by atoms with Crippen molar-refractivity contribution in [2.75, 3.05) is 11.9 Å². The van der Waals surface area contributed by atoms with Gasteiger partial charge in [0.1, 0.15) is 5.65 Å². The number of H-pyrrole nitrogens is 1. The van der Waals surface area contributed by atoms with E-state index < -0.39 is 10.8 Å². The van der Waals surface area contributed by atoms with Crippen LogP contribution in [0.3, 0.4) is 0 Å². The number of hydrogen-bond donors (Lipinski definition) is 1. The second kappa shape index (κ2) is 12.3. The number of likely N-dealkylation sites (N-methyl/N-ethyl adjacent to an activating group) is 1. The fraction of sp³-hybridized carbons (Fsp3) is 0.0811. The molecule has 1 unspecified atom stereocenters. The third-order valence-electron chi connectivity index (χ3n) is 7.91. The number of fused-ring (bicyclic) bond motifs is 3. The average Bonchev–Trinajstić information content (AvgIpc) is 3.47. The Morgan fingerprint density at radius 2 is 1.58 bits per heavy atom. The molecular formula is C37H29N5O2S. The van der Waals surface area contributed by atoms with Gasteiger partial charge in [-0.3, -0.25) is 19.0 Å². The molecule has 45 heavy (non-hydrogen) atoms. The molecule has 7 rings (SSSR count). The van der Waals surface area contributed by atoms with Crippen LogP contribution in [0.1, 0.15) is 11.3 Å². The second-order valence-corrected chi connectivity index (χ2v) is 12.2. The first kappa shape index (κ1) is 28.3. The van der Waals surface area contributed by atoms with Crippen LogP contribution < -0.4 is 4.90 Å². The molecule has 0 saturated carbocycles. The third-order valence-corrected chi connectivity index (χ3v) is 9.30. The largest absolute Gasteiger partial charge is 0.339 e. The van der Waals surface area contributed by atoms with Gasteiger partial charge in [0, 0.05) is 69.3 Å². The first-order valence-corrected chi connectivity index (χ1v) is 15.9. The van der Waals surface area contributed by atoms with E-state index in [0.29, 0.717) is 5.75 Å². The molecule has 1 N–H and O–H groups in total. The Morgan fingerprint density at radius 1 is 0.822 bits per heavy atom. The average molecular weight is 608 g/mol. The first-order valence-electron chi connectivity index (χ1n) is 14.6. The van der Waals surface area contributed by atoms with Crippen molar-refractivity contribution in [2.45, 2.75) is 17.1 Å². The van der Waals surface area contributed by atoms with Crippen LogP contribution in [0.15, 0.2) is 133 Å². The summed E-state index contributed by atoms with van der Waals surface area (Å²) in [5.74, 6) is 0.369. The van der Waals surface area contributed by atoms with Gasteiger partial charge in [-0.1, -0.05) is 48.5 Å². The molecule has 7 aromatic rings. The highest BCUT2D eigenvalue weighted by Gasteiger charge is 2.19. The lowest BCUT2D eigenvalue weighted by molar-refractivity contribution is -0.117. The summed E-state index contributed by atoms with van der Waals surface area (Å²) in [5.41, 5.74) is 7.87. The zero-order valence-corrected chi connectivity index (χ0v) is 25.4. The molecule has 0 aliphatic heterocycles. The van der Waals surface area contributed by atoms with E-state index in [9.17, 15) is 9.00 Å². The Bertz CT molecular complexity index is 2150. The maximum absolute atomic E-state index is 13.1. The zero-order valence-electron chi connectivity index (χ0n) is 24.6. The predicted octanol–water partition coefficient (Wildman–Crippen LogP) is 7.35. The number of nitrogens with zero attached hydrogens (tertiary/aromatic N) is 4. The topological polar surface area (TPSA) is 91.8 Å². The molecule has 4 heterocycles. The van der Waals surface area contributed by atoms with Crippen LogP contribution in [0.5, 0.6) is 0 Å². The Kier molecular flexibility index (Phi) is 7.71. The summed E-state index contributed by atoms with van der Waals surface area (Å²) < 4.78 is 13.1. The van der Waals surface area contributed by atoms with E-state index in [1.54, 1.807) is 24.3 Å². The highest BCUT2D eigenvalue weighted by molar-refractivity contribution is 7.84. The molecule has 0 fully saturated rings. The molecule has 1 amide bonds. The number of carbonyl (C=O) groups is 1. The van der Waals surface area contributed by atoms with Crippen LogP contribution in [0.2, 0.25) is 0 Å². The van der Waals surface area contributed by atoms with Crippen molar-refractivity contribution in [3.63, 3.8) is 0 Å². The van der Waals surface area contributed by atoms with Gasteiger partial charge in [0.15, 0.2) is 0 Å². The molecule has 4 aromatic heterocycles. The van der Waals surface area contributed by atoms with E-state index in [-0.39, 0.29) is 12.3 Å². The van der Waals surface area contributed by atoms with Crippen molar-refractivity contribution in [3.8, 4) is 22.4 Å². The molecule has 0 aliphatic carbocycles. The lowest BCUT2D eigenvalue weighted by Crippen LogP contribution is -2.28. The summed E-state index contributed by atoms with van der Waals surface area (Å²) in [6.07, 6.45) is 5.59. The summed E-state index contributed by atoms with van der Waals surface area (Å²) in [7, 11) is 0.614. The number of pyridine rings is 3. The van der Waals surface area contributed by atoms with E-state index >= 15 is 0 Å². The van der Waals surface area contributed by atoms with E-state index in [2.05, 4.69) is 16.0 Å². The van der Waals surface area contributed by atoms with Gasteiger partial charge in [-0.15, -0.1) is 0 Å². The maximum Gasteiger partial charge on any atom is 0.232 e. The minimum absolute atomic E-state index is 0.0403. The fourth-order valence-electron chi connectivity index (χ4n) is 5.58. The van der Waals surface area contributed by atoms with Gasteiger partial charge in [-0.2, -0.15) is 0 Å². The molecular weight excluding hydrogens is 579 g/mol. The van der Waals surface area contributed by atoms with Gasteiger partial charge in [-0.05, 0) is 71.8 Å². The van der Waals surface area contributed by atoms with Crippen LogP contribution in [0.4, 0.5) is 5.69 Å². The molecule has 0 bridgehead atoms. The lowest BCUT2D eigenvalue weighted by Gasteiger charge is -2.18. The number of aromatic amines is 1. The highest BCUT2D eigenvalue weighted by Crippen LogP contribution is 2.40. The summed E-state index contributed by atoms with van der Waals surface area (Å²) >= 11 is 0. The van der Waals surface area contributed by atoms with Gasteiger partial charge in [0.05, 0.1) is 28.7 Å². The first-order chi connectivity index (χ1) is 22.0. The Balaban J connectivity index is 1.28. The number of benzene rings is 3. The van der Waals surface area contributed by atoms with E-state index in [1.807, 2.05) is 109 Å². The van der Waals surface area contributed by atoms with E-state index in [4.69, 9.17) is 9.97 Å². The lowest BCUT2D eigenvalue weighted by atomic mass is 9.95. The van der Waals surface area contributed by atoms with Crippen LogP contribution in [-0.2, 0) is 27.8 Å². The Labute approximate surface area is 263 Å². The molecule has 0 saturated heterocycles. The zero-order chi connectivity index (χ0) is 30.8. The van der Waals surface area contributed by atoms with Gasteiger partial charge >= 0.3 is 0 Å². The minimum Gasteiger partial charge on any atom is -0.339 e. The molecule has 7 nitrogen and oxygen atoms in total. The van der Waals surface area contributed by atoms with Gasteiger partial charge < -0.3 is 9.88 Å². The molecule has 0 spiro atoms. The number of carbonyl (C=O) groups excluding carboxylic acids is 1. The summed E-state index contributed by atoms with van der Waals surface area (Å²) in [4.78, 5) is 32.8. The quantitative estimate of drug-likeness (QED) is 0.195. The van der Waals surface area contributed by atoms with Crippen LogP contribution in [0.25, 0.3) is 44.3 Å². The van der Waals surface area contributed by atoms with Crippen LogP contribution in [-0.4, -0.2) is 37.1 Å². The molecule has 0 radical (unpaired) electrons. The number of amides is 1. The molecule has 0 aliphatic rings. The summed E-state index contributed by atoms with van der Waals surface area (Å²) in [6, 6.07) is 35.1. The van der Waals surface area contributed by atoms with Gasteiger partial charge in [-0.25, -0.2) is 4.98 Å². The summed E-state index contributed by atoms with van der Waals surface area (Å²) in [6.45, 7) is 0.